The van der Waals surface area contributed by atoms with Gasteiger partial charge in [0.25, 0.3) is 0 Å². The fourth-order valence-corrected chi connectivity index (χ4v) is 2.48. The first-order valence-corrected chi connectivity index (χ1v) is 5.57. The molecule has 2 N–H and O–H groups in total. The summed E-state index contributed by atoms with van der Waals surface area (Å²) in [6.07, 6.45) is 7.70. The SMILES string of the molecule is Nc1nnn(C2CCCC2)c1C1CC1. The Hall–Kier alpha value is -1.06. The molecule has 1 aromatic rings. The van der Waals surface area contributed by atoms with Crippen LogP contribution in [-0.4, -0.2) is 15.0 Å². The van der Waals surface area contributed by atoms with Crippen molar-refractivity contribution in [1.29, 1.82) is 0 Å². The quantitative estimate of drug-likeness (QED) is 0.778. The highest BCUT2D eigenvalue weighted by atomic mass is 15.5. The molecule has 0 spiro atoms. The predicted molar refractivity (Wildman–Crippen MR) is 53.9 cm³/mol. The van der Waals surface area contributed by atoms with E-state index in [1.54, 1.807) is 0 Å². The highest BCUT2D eigenvalue weighted by Gasteiger charge is 2.33. The molecule has 0 aromatic carbocycles. The number of nitrogen functional groups attached to an aromatic ring is 1. The van der Waals surface area contributed by atoms with Gasteiger partial charge in [0, 0.05) is 5.92 Å². The van der Waals surface area contributed by atoms with Crippen molar-refractivity contribution < 1.29 is 0 Å². The zero-order valence-electron chi connectivity index (χ0n) is 8.32. The second kappa shape index (κ2) is 2.97. The van der Waals surface area contributed by atoms with Crippen molar-refractivity contribution in [3.8, 4) is 0 Å². The summed E-state index contributed by atoms with van der Waals surface area (Å²) in [6, 6.07) is 0.579. The molecular weight excluding hydrogens is 176 g/mol. The molecule has 14 heavy (non-hydrogen) atoms. The molecule has 4 heteroatoms. The lowest BCUT2D eigenvalue weighted by atomic mass is 10.2. The van der Waals surface area contributed by atoms with Crippen LogP contribution < -0.4 is 5.73 Å². The van der Waals surface area contributed by atoms with Crippen LogP contribution in [0.1, 0.15) is 56.2 Å². The van der Waals surface area contributed by atoms with Crippen LogP contribution in [0.4, 0.5) is 5.82 Å². The topological polar surface area (TPSA) is 56.7 Å². The van der Waals surface area contributed by atoms with Crippen LogP contribution in [0.15, 0.2) is 0 Å². The predicted octanol–water partition coefficient (Wildman–Crippen LogP) is 1.85. The van der Waals surface area contributed by atoms with Gasteiger partial charge in [-0.15, -0.1) is 5.10 Å². The van der Waals surface area contributed by atoms with E-state index in [1.165, 1.54) is 44.2 Å². The number of nitrogens with zero attached hydrogens (tertiary/aromatic N) is 3. The normalized spacial score (nSPS) is 23.1. The standard InChI is InChI=1S/C10H16N4/c11-10-9(7-5-6-7)14(13-12-10)8-3-1-2-4-8/h7-8H,1-6,11H2. The van der Waals surface area contributed by atoms with E-state index in [2.05, 4.69) is 15.0 Å². The average molecular weight is 192 g/mol. The molecule has 2 fully saturated rings. The Morgan fingerprint density at radius 3 is 2.50 bits per heavy atom. The Bertz CT molecular complexity index is 334. The Balaban J connectivity index is 1.95. The second-order valence-corrected chi connectivity index (χ2v) is 4.52. The molecule has 2 aliphatic rings. The van der Waals surface area contributed by atoms with Gasteiger partial charge >= 0.3 is 0 Å². The minimum atomic E-state index is 0.579. The summed E-state index contributed by atoms with van der Waals surface area (Å²) in [6.45, 7) is 0. The van der Waals surface area contributed by atoms with Gasteiger partial charge in [-0.05, 0) is 25.7 Å². The van der Waals surface area contributed by atoms with Crippen LogP contribution in [-0.2, 0) is 0 Å². The third-order valence-electron chi connectivity index (χ3n) is 3.39. The van der Waals surface area contributed by atoms with Crippen molar-refractivity contribution in [2.45, 2.75) is 50.5 Å². The third-order valence-corrected chi connectivity index (χ3v) is 3.39. The highest BCUT2D eigenvalue weighted by molar-refractivity contribution is 5.38. The Kier molecular flexibility index (Phi) is 1.75. The molecule has 0 saturated heterocycles. The molecular formula is C10H16N4. The minimum absolute atomic E-state index is 0.579. The maximum absolute atomic E-state index is 5.86. The van der Waals surface area contributed by atoms with E-state index in [0.29, 0.717) is 17.8 Å². The molecule has 0 unspecified atom stereocenters. The summed E-state index contributed by atoms with van der Waals surface area (Å²) in [5.41, 5.74) is 7.07. The van der Waals surface area contributed by atoms with Gasteiger partial charge < -0.3 is 5.73 Å². The van der Waals surface area contributed by atoms with E-state index in [4.69, 9.17) is 5.73 Å². The summed E-state index contributed by atoms with van der Waals surface area (Å²) in [5, 5.41) is 8.21. The van der Waals surface area contributed by atoms with E-state index in [0.717, 1.165) is 0 Å². The Morgan fingerprint density at radius 1 is 1.14 bits per heavy atom. The van der Waals surface area contributed by atoms with Crippen LogP contribution in [0.3, 0.4) is 0 Å². The van der Waals surface area contributed by atoms with Crippen LogP contribution in [0.2, 0.25) is 0 Å². The second-order valence-electron chi connectivity index (χ2n) is 4.52. The van der Waals surface area contributed by atoms with Crippen LogP contribution >= 0.6 is 0 Å². The molecule has 3 rings (SSSR count). The lowest BCUT2D eigenvalue weighted by Gasteiger charge is -2.12. The first kappa shape index (κ1) is 8.26. The highest BCUT2D eigenvalue weighted by Crippen LogP contribution is 2.44. The first-order chi connectivity index (χ1) is 6.86. The van der Waals surface area contributed by atoms with Crippen molar-refractivity contribution in [2.24, 2.45) is 0 Å². The van der Waals surface area contributed by atoms with E-state index in [-0.39, 0.29) is 0 Å². The summed E-state index contributed by atoms with van der Waals surface area (Å²) >= 11 is 0. The van der Waals surface area contributed by atoms with Gasteiger partial charge in [-0.3, -0.25) is 0 Å². The number of nitrogens with two attached hydrogens (primary N) is 1. The number of rotatable bonds is 2. The third kappa shape index (κ3) is 1.21. The molecule has 2 aliphatic carbocycles. The number of hydrogen-bond donors (Lipinski definition) is 1. The summed E-state index contributed by atoms with van der Waals surface area (Å²) in [7, 11) is 0. The smallest absolute Gasteiger partial charge is 0.169 e. The Labute approximate surface area is 83.5 Å². The van der Waals surface area contributed by atoms with Crippen LogP contribution in [0.25, 0.3) is 0 Å². The molecule has 0 amide bonds. The number of anilines is 1. The first-order valence-electron chi connectivity index (χ1n) is 5.57. The lowest BCUT2D eigenvalue weighted by Crippen LogP contribution is -2.10. The molecule has 76 valence electrons. The fraction of sp³-hybridized carbons (Fsp3) is 0.800. The zero-order valence-corrected chi connectivity index (χ0v) is 8.32. The number of aromatic nitrogens is 3. The maximum atomic E-state index is 5.86. The van der Waals surface area contributed by atoms with Gasteiger partial charge in [0.2, 0.25) is 0 Å². The van der Waals surface area contributed by atoms with E-state index in [1.807, 2.05) is 0 Å². The minimum Gasteiger partial charge on any atom is -0.381 e. The van der Waals surface area contributed by atoms with Crippen LogP contribution in [0.5, 0.6) is 0 Å². The van der Waals surface area contributed by atoms with Gasteiger partial charge in [-0.25, -0.2) is 4.68 Å². The molecule has 0 aliphatic heterocycles. The monoisotopic (exact) mass is 192 g/mol. The average Bonchev–Trinajstić information content (AvgIpc) is 2.75. The van der Waals surface area contributed by atoms with Gasteiger partial charge in [0.1, 0.15) is 0 Å². The molecule has 0 bridgehead atoms. The fourth-order valence-electron chi connectivity index (χ4n) is 2.48. The summed E-state index contributed by atoms with van der Waals surface area (Å²) in [4.78, 5) is 0. The largest absolute Gasteiger partial charge is 0.381 e. The maximum Gasteiger partial charge on any atom is 0.169 e. The molecule has 1 aromatic heterocycles. The van der Waals surface area contributed by atoms with Gasteiger partial charge in [0.15, 0.2) is 5.82 Å². The van der Waals surface area contributed by atoms with Crippen molar-refractivity contribution in [1.82, 2.24) is 15.0 Å². The van der Waals surface area contributed by atoms with E-state index >= 15 is 0 Å². The van der Waals surface area contributed by atoms with Crippen molar-refractivity contribution in [3.63, 3.8) is 0 Å². The van der Waals surface area contributed by atoms with Crippen LogP contribution in [0, 0.1) is 0 Å². The van der Waals surface area contributed by atoms with Crippen molar-refractivity contribution >= 4 is 5.82 Å². The van der Waals surface area contributed by atoms with E-state index < -0.39 is 0 Å². The molecule has 2 saturated carbocycles. The molecule has 0 radical (unpaired) electrons. The van der Waals surface area contributed by atoms with E-state index in [9.17, 15) is 0 Å². The lowest BCUT2D eigenvalue weighted by molar-refractivity contribution is 0.438. The number of hydrogen-bond acceptors (Lipinski definition) is 3. The van der Waals surface area contributed by atoms with Gasteiger partial charge in [-0.1, -0.05) is 18.1 Å². The van der Waals surface area contributed by atoms with Gasteiger partial charge in [-0.2, -0.15) is 0 Å². The van der Waals surface area contributed by atoms with Crippen molar-refractivity contribution in [3.05, 3.63) is 5.69 Å². The zero-order chi connectivity index (χ0) is 9.54. The summed E-state index contributed by atoms with van der Waals surface area (Å²) < 4.78 is 2.11. The molecule has 0 atom stereocenters. The summed E-state index contributed by atoms with van der Waals surface area (Å²) in [5.74, 6) is 1.32. The molecule has 4 nitrogen and oxygen atoms in total. The van der Waals surface area contributed by atoms with Crippen molar-refractivity contribution in [2.75, 3.05) is 5.73 Å². The molecule has 1 heterocycles. The van der Waals surface area contributed by atoms with Gasteiger partial charge in [0.05, 0.1) is 11.7 Å². The Morgan fingerprint density at radius 2 is 1.86 bits per heavy atom.